The van der Waals surface area contributed by atoms with Gasteiger partial charge in [-0.1, -0.05) is 18.2 Å². The fourth-order valence-corrected chi connectivity index (χ4v) is 4.74. The highest BCUT2D eigenvalue weighted by atomic mass is 32.2. The van der Waals surface area contributed by atoms with E-state index in [2.05, 4.69) is 20.6 Å². The minimum absolute atomic E-state index is 0.0590. The van der Waals surface area contributed by atoms with Gasteiger partial charge < -0.3 is 11.1 Å². The molecule has 0 bridgehead atoms. The van der Waals surface area contributed by atoms with E-state index < -0.39 is 11.9 Å². The lowest BCUT2D eigenvalue weighted by atomic mass is 10.1. The Labute approximate surface area is 147 Å². The van der Waals surface area contributed by atoms with E-state index in [-0.39, 0.29) is 5.75 Å². The molecule has 128 valence electrons. The summed E-state index contributed by atoms with van der Waals surface area (Å²) in [5.74, 6) is 0.140. The average molecular weight is 365 g/mol. The molecule has 0 saturated carbocycles. The molecule has 2 heterocycles. The molecule has 1 aliphatic rings. The number of amides is 3. The van der Waals surface area contributed by atoms with Gasteiger partial charge in [0.1, 0.15) is 10.6 Å². The molecule has 7 nitrogen and oxygen atoms in total. The van der Waals surface area contributed by atoms with Crippen molar-refractivity contribution in [2.24, 2.45) is 0 Å². The number of fused-ring (bicyclic) bond motifs is 3. The minimum atomic E-state index is -0.529. The van der Waals surface area contributed by atoms with Gasteiger partial charge in [-0.25, -0.2) is 14.8 Å². The highest BCUT2D eigenvalue weighted by Crippen LogP contribution is 2.37. The highest BCUT2D eigenvalue weighted by Gasteiger charge is 2.19. The first kappa shape index (κ1) is 17.0. The Morgan fingerprint density at radius 3 is 2.83 bits per heavy atom. The maximum atomic E-state index is 11.7. The Kier molecular flexibility index (Phi) is 5.20. The molecule has 1 aliphatic carbocycles. The molecule has 0 atom stereocenters. The predicted molar refractivity (Wildman–Crippen MR) is 96.4 cm³/mol. The molecule has 2 aromatic rings. The Morgan fingerprint density at radius 1 is 1.25 bits per heavy atom. The largest absolute Gasteiger partial charge is 0.383 e. The molecule has 3 amide bonds. The SMILES string of the molecule is CNC(=O)NC(=O)CSc1nc(N)c2c3c(sc2n1)CCCCC3. The van der Waals surface area contributed by atoms with Crippen LogP contribution in [0.3, 0.4) is 0 Å². The molecule has 0 spiro atoms. The van der Waals surface area contributed by atoms with Crippen molar-refractivity contribution in [3.8, 4) is 0 Å². The third-order valence-electron chi connectivity index (χ3n) is 3.88. The van der Waals surface area contributed by atoms with Crippen LogP contribution in [-0.2, 0) is 17.6 Å². The molecule has 2 aromatic heterocycles. The number of nitrogens with one attached hydrogen (secondary N) is 2. The number of carbonyl (C=O) groups excluding carboxylic acids is 2. The zero-order chi connectivity index (χ0) is 17.1. The molecule has 0 aliphatic heterocycles. The summed E-state index contributed by atoms with van der Waals surface area (Å²) in [5.41, 5.74) is 7.47. The van der Waals surface area contributed by atoms with E-state index in [9.17, 15) is 9.59 Å². The van der Waals surface area contributed by atoms with Crippen molar-refractivity contribution in [3.05, 3.63) is 10.4 Å². The van der Waals surface area contributed by atoms with Crippen molar-refractivity contribution in [3.63, 3.8) is 0 Å². The number of thiophene rings is 1. The number of thioether (sulfide) groups is 1. The summed E-state index contributed by atoms with van der Waals surface area (Å²) in [6.45, 7) is 0. The Morgan fingerprint density at radius 2 is 2.04 bits per heavy atom. The van der Waals surface area contributed by atoms with Crippen molar-refractivity contribution in [2.75, 3.05) is 18.5 Å². The number of aromatic nitrogens is 2. The van der Waals surface area contributed by atoms with Crippen molar-refractivity contribution in [2.45, 2.75) is 37.3 Å². The molecule has 0 radical (unpaired) electrons. The van der Waals surface area contributed by atoms with Gasteiger partial charge in [-0.2, -0.15) is 0 Å². The van der Waals surface area contributed by atoms with Gasteiger partial charge in [-0.05, 0) is 31.2 Å². The van der Waals surface area contributed by atoms with Gasteiger partial charge in [0, 0.05) is 11.9 Å². The van der Waals surface area contributed by atoms with Crippen molar-refractivity contribution >= 4 is 51.1 Å². The van der Waals surface area contributed by atoms with E-state index in [0.29, 0.717) is 11.0 Å². The first-order valence-electron chi connectivity index (χ1n) is 7.80. The first-order chi connectivity index (χ1) is 11.6. The fraction of sp³-hybridized carbons (Fsp3) is 0.467. The summed E-state index contributed by atoms with van der Waals surface area (Å²) < 4.78 is 0. The van der Waals surface area contributed by atoms with Gasteiger partial charge in [0.2, 0.25) is 5.91 Å². The summed E-state index contributed by atoms with van der Waals surface area (Å²) >= 11 is 2.85. The third kappa shape index (κ3) is 3.62. The van der Waals surface area contributed by atoms with Crippen LogP contribution in [0.4, 0.5) is 10.6 Å². The Bertz CT molecular complexity index is 790. The standard InChI is InChI=1S/C15H19N5O2S2/c1-17-14(22)18-10(21)7-23-15-19-12(16)11-8-5-3-2-4-6-9(8)24-13(11)20-15/h2-7H2,1H3,(H2,16,19,20)(H2,17,18,21,22). The van der Waals surface area contributed by atoms with Crippen LogP contribution in [0.15, 0.2) is 5.16 Å². The van der Waals surface area contributed by atoms with Crippen LogP contribution in [0.1, 0.15) is 29.7 Å². The van der Waals surface area contributed by atoms with E-state index >= 15 is 0 Å². The number of hydrogen-bond donors (Lipinski definition) is 3. The second-order valence-corrected chi connectivity index (χ2v) is 7.58. The molecule has 0 unspecified atom stereocenters. The summed E-state index contributed by atoms with van der Waals surface area (Å²) in [4.78, 5) is 33.9. The molecule has 9 heteroatoms. The monoisotopic (exact) mass is 365 g/mol. The second-order valence-electron chi connectivity index (χ2n) is 5.55. The fourth-order valence-electron chi connectivity index (χ4n) is 2.76. The predicted octanol–water partition coefficient (Wildman–Crippen LogP) is 2.09. The summed E-state index contributed by atoms with van der Waals surface area (Å²) in [6, 6.07) is -0.529. The first-order valence-corrected chi connectivity index (χ1v) is 9.61. The number of anilines is 1. The van der Waals surface area contributed by atoms with Gasteiger partial charge >= 0.3 is 6.03 Å². The number of nitrogens with two attached hydrogens (primary N) is 1. The maximum absolute atomic E-state index is 11.7. The van der Waals surface area contributed by atoms with E-state index in [0.717, 1.165) is 23.1 Å². The normalized spacial score (nSPS) is 14.0. The van der Waals surface area contributed by atoms with Gasteiger partial charge in [-0.3, -0.25) is 10.1 Å². The molecular weight excluding hydrogens is 346 g/mol. The topological polar surface area (TPSA) is 110 Å². The minimum Gasteiger partial charge on any atom is -0.383 e. The molecule has 3 rings (SSSR count). The van der Waals surface area contributed by atoms with Crippen LogP contribution < -0.4 is 16.4 Å². The van der Waals surface area contributed by atoms with E-state index in [1.54, 1.807) is 11.3 Å². The summed E-state index contributed by atoms with van der Waals surface area (Å²) in [7, 11) is 1.45. The number of imide groups is 1. The van der Waals surface area contributed by atoms with E-state index in [4.69, 9.17) is 5.73 Å². The number of carbonyl (C=O) groups is 2. The van der Waals surface area contributed by atoms with Crippen LogP contribution in [0.5, 0.6) is 0 Å². The number of rotatable bonds is 3. The van der Waals surface area contributed by atoms with Crippen LogP contribution in [0, 0.1) is 0 Å². The zero-order valence-corrected chi connectivity index (χ0v) is 15.0. The number of aryl methyl sites for hydroxylation is 2. The molecule has 0 fully saturated rings. The highest BCUT2D eigenvalue weighted by molar-refractivity contribution is 7.99. The zero-order valence-electron chi connectivity index (χ0n) is 13.3. The van der Waals surface area contributed by atoms with Gasteiger partial charge in [0.15, 0.2) is 5.16 Å². The Hall–Kier alpha value is -1.87. The molecular formula is C15H19N5O2S2. The van der Waals surface area contributed by atoms with Crippen LogP contribution >= 0.6 is 23.1 Å². The van der Waals surface area contributed by atoms with E-state index in [1.165, 1.54) is 48.5 Å². The lowest BCUT2D eigenvalue weighted by Gasteiger charge is -2.05. The van der Waals surface area contributed by atoms with Crippen molar-refractivity contribution in [1.82, 2.24) is 20.6 Å². The van der Waals surface area contributed by atoms with Crippen molar-refractivity contribution < 1.29 is 9.59 Å². The molecule has 4 N–H and O–H groups in total. The Balaban J connectivity index is 1.78. The van der Waals surface area contributed by atoms with Crippen molar-refractivity contribution in [1.29, 1.82) is 0 Å². The van der Waals surface area contributed by atoms with Gasteiger partial charge in [0.05, 0.1) is 11.1 Å². The summed E-state index contributed by atoms with van der Waals surface area (Å²) in [6.07, 6.45) is 5.73. The van der Waals surface area contributed by atoms with Gasteiger partial charge in [0.25, 0.3) is 0 Å². The van der Waals surface area contributed by atoms with Gasteiger partial charge in [-0.15, -0.1) is 11.3 Å². The number of nitrogen functional groups attached to an aromatic ring is 1. The lowest BCUT2D eigenvalue weighted by Crippen LogP contribution is -2.38. The molecule has 0 aromatic carbocycles. The lowest BCUT2D eigenvalue weighted by molar-refractivity contribution is -0.117. The second kappa shape index (κ2) is 7.35. The quantitative estimate of drug-likeness (QED) is 0.436. The van der Waals surface area contributed by atoms with E-state index in [1.807, 2.05) is 0 Å². The number of nitrogens with zero attached hydrogens (tertiary/aromatic N) is 2. The van der Waals surface area contributed by atoms with Crippen LogP contribution in [0.25, 0.3) is 10.2 Å². The van der Waals surface area contributed by atoms with Crippen LogP contribution in [-0.4, -0.2) is 34.7 Å². The van der Waals surface area contributed by atoms with Crippen LogP contribution in [0.2, 0.25) is 0 Å². The molecule has 0 saturated heterocycles. The number of hydrogen-bond acceptors (Lipinski definition) is 7. The molecule has 24 heavy (non-hydrogen) atoms. The average Bonchev–Trinajstić information content (AvgIpc) is 2.75. The smallest absolute Gasteiger partial charge is 0.321 e. The number of urea groups is 1. The maximum Gasteiger partial charge on any atom is 0.321 e. The summed E-state index contributed by atoms with van der Waals surface area (Å²) in [5, 5.41) is 5.98. The third-order valence-corrected chi connectivity index (χ3v) is 5.92.